The van der Waals surface area contributed by atoms with Crippen LogP contribution in [0.2, 0.25) is 5.15 Å². The zero-order chi connectivity index (χ0) is 18.7. The Balaban J connectivity index is 1.81. The van der Waals surface area contributed by atoms with E-state index in [4.69, 9.17) is 11.6 Å². The quantitative estimate of drug-likeness (QED) is 0.589. The van der Waals surface area contributed by atoms with Gasteiger partial charge in [0.25, 0.3) is 0 Å². The number of alkyl halides is 3. The molecular weight excluding hydrogens is 363 g/mol. The van der Waals surface area contributed by atoms with E-state index < -0.39 is 11.7 Å². The molecule has 0 fully saturated rings. The van der Waals surface area contributed by atoms with Crippen LogP contribution in [0.1, 0.15) is 16.7 Å². The Kier molecular flexibility index (Phi) is 5.13. The molecule has 0 aliphatic rings. The van der Waals surface area contributed by atoms with Crippen LogP contribution in [-0.4, -0.2) is 9.97 Å². The third-order valence-corrected chi connectivity index (χ3v) is 3.92. The van der Waals surface area contributed by atoms with Crippen LogP contribution in [0, 0.1) is 6.92 Å². The van der Waals surface area contributed by atoms with E-state index in [-0.39, 0.29) is 11.0 Å². The number of aromatic nitrogens is 2. The lowest BCUT2D eigenvalue weighted by molar-refractivity contribution is -0.137. The molecule has 3 nitrogen and oxygen atoms in total. The van der Waals surface area contributed by atoms with E-state index in [1.54, 1.807) is 6.07 Å². The third-order valence-electron chi connectivity index (χ3n) is 3.72. The largest absolute Gasteiger partial charge is 0.416 e. The summed E-state index contributed by atoms with van der Waals surface area (Å²) < 4.78 is 38.0. The Labute approximate surface area is 153 Å². The maximum atomic E-state index is 12.7. The van der Waals surface area contributed by atoms with E-state index in [1.807, 2.05) is 31.2 Å². The number of anilines is 1. The molecule has 0 spiro atoms. The Bertz CT molecular complexity index is 909. The minimum Gasteiger partial charge on any atom is -0.366 e. The molecule has 0 saturated heterocycles. The fraction of sp³-hybridized carbons (Fsp3) is 0.158. The van der Waals surface area contributed by atoms with Gasteiger partial charge in [-0.25, -0.2) is 9.97 Å². The van der Waals surface area contributed by atoms with E-state index in [9.17, 15) is 13.2 Å². The molecule has 0 saturated carbocycles. The number of benzene rings is 2. The van der Waals surface area contributed by atoms with Crippen molar-refractivity contribution in [2.75, 3.05) is 5.32 Å². The molecule has 0 radical (unpaired) electrons. The summed E-state index contributed by atoms with van der Waals surface area (Å²) in [5.41, 5.74) is 1.96. The number of hydrogen-bond acceptors (Lipinski definition) is 3. The fourth-order valence-corrected chi connectivity index (χ4v) is 2.64. The van der Waals surface area contributed by atoms with Gasteiger partial charge in [0, 0.05) is 18.2 Å². The molecular formula is C19H15ClF3N3. The van der Waals surface area contributed by atoms with Crippen LogP contribution in [0.15, 0.2) is 54.6 Å². The van der Waals surface area contributed by atoms with E-state index in [0.717, 1.165) is 23.3 Å². The standard InChI is InChI=1S/C19H15ClF3N3/c1-12-3-2-4-13(9-12)11-24-17-10-16(20)25-18(26-17)14-5-7-15(8-6-14)19(21,22)23/h2-10H,11H2,1H3,(H,24,25,26). The summed E-state index contributed by atoms with van der Waals surface area (Å²) in [6.07, 6.45) is -4.38. The highest BCUT2D eigenvalue weighted by atomic mass is 35.5. The SMILES string of the molecule is Cc1cccc(CNc2cc(Cl)nc(-c3ccc(C(F)(F)F)cc3)n2)c1. The summed E-state index contributed by atoms with van der Waals surface area (Å²) in [6, 6.07) is 14.2. The molecule has 1 aromatic heterocycles. The molecule has 1 heterocycles. The first-order valence-electron chi connectivity index (χ1n) is 7.83. The van der Waals surface area contributed by atoms with Gasteiger partial charge in [-0.1, -0.05) is 53.6 Å². The van der Waals surface area contributed by atoms with Gasteiger partial charge in [0.2, 0.25) is 0 Å². The summed E-state index contributed by atoms with van der Waals surface area (Å²) in [5.74, 6) is 0.763. The Morgan fingerprint density at radius 3 is 2.38 bits per heavy atom. The molecule has 26 heavy (non-hydrogen) atoms. The molecule has 3 aromatic rings. The first kappa shape index (κ1) is 18.2. The molecule has 0 bridgehead atoms. The van der Waals surface area contributed by atoms with Crippen LogP contribution in [0.25, 0.3) is 11.4 Å². The minimum atomic E-state index is -4.38. The second kappa shape index (κ2) is 7.33. The maximum absolute atomic E-state index is 12.7. The van der Waals surface area contributed by atoms with Crippen LogP contribution in [0.4, 0.5) is 19.0 Å². The van der Waals surface area contributed by atoms with Crippen molar-refractivity contribution in [1.82, 2.24) is 9.97 Å². The summed E-state index contributed by atoms with van der Waals surface area (Å²) in [4.78, 5) is 8.44. The topological polar surface area (TPSA) is 37.8 Å². The smallest absolute Gasteiger partial charge is 0.366 e. The van der Waals surface area contributed by atoms with Crippen molar-refractivity contribution >= 4 is 17.4 Å². The van der Waals surface area contributed by atoms with E-state index >= 15 is 0 Å². The molecule has 0 amide bonds. The van der Waals surface area contributed by atoms with Gasteiger partial charge >= 0.3 is 6.18 Å². The maximum Gasteiger partial charge on any atom is 0.416 e. The number of hydrogen-bond donors (Lipinski definition) is 1. The summed E-state index contributed by atoms with van der Waals surface area (Å²) in [5, 5.41) is 3.37. The zero-order valence-corrected chi connectivity index (χ0v) is 14.6. The molecule has 0 aliphatic heterocycles. The van der Waals surface area contributed by atoms with Crippen molar-refractivity contribution in [3.05, 3.63) is 76.4 Å². The predicted octanol–water partition coefficient (Wildman–Crippen LogP) is 5.74. The van der Waals surface area contributed by atoms with Gasteiger partial charge in [0.1, 0.15) is 11.0 Å². The number of nitrogens with one attached hydrogen (secondary N) is 1. The highest BCUT2D eigenvalue weighted by Crippen LogP contribution is 2.30. The van der Waals surface area contributed by atoms with Crippen molar-refractivity contribution in [3.63, 3.8) is 0 Å². The lowest BCUT2D eigenvalue weighted by Gasteiger charge is -2.10. The lowest BCUT2D eigenvalue weighted by atomic mass is 10.1. The van der Waals surface area contributed by atoms with Crippen LogP contribution in [0.3, 0.4) is 0 Å². The van der Waals surface area contributed by atoms with Crippen molar-refractivity contribution in [2.45, 2.75) is 19.6 Å². The lowest BCUT2D eigenvalue weighted by Crippen LogP contribution is -2.05. The average molecular weight is 378 g/mol. The van der Waals surface area contributed by atoms with E-state index in [2.05, 4.69) is 15.3 Å². The third kappa shape index (κ3) is 4.52. The van der Waals surface area contributed by atoms with Crippen LogP contribution >= 0.6 is 11.6 Å². The fourth-order valence-electron chi connectivity index (χ4n) is 2.46. The summed E-state index contributed by atoms with van der Waals surface area (Å²) in [6.45, 7) is 2.55. The van der Waals surface area contributed by atoms with Crippen molar-refractivity contribution in [2.24, 2.45) is 0 Å². The van der Waals surface area contributed by atoms with E-state index in [1.165, 1.54) is 12.1 Å². The monoisotopic (exact) mass is 377 g/mol. The van der Waals surface area contributed by atoms with Gasteiger partial charge in [0.15, 0.2) is 5.82 Å². The van der Waals surface area contributed by atoms with Crippen LogP contribution < -0.4 is 5.32 Å². The molecule has 0 unspecified atom stereocenters. The van der Waals surface area contributed by atoms with Gasteiger partial charge in [-0.05, 0) is 24.6 Å². The molecule has 134 valence electrons. The number of halogens is 4. The van der Waals surface area contributed by atoms with Gasteiger partial charge in [-0.3, -0.25) is 0 Å². The first-order chi connectivity index (χ1) is 12.3. The summed E-state index contributed by atoms with van der Waals surface area (Å²) >= 11 is 6.04. The van der Waals surface area contributed by atoms with Crippen molar-refractivity contribution in [1.29, 1.82) is 0 Å². The predicted molar refractivity (Wildman–Crippen MR) is 96.0 cm³/mol. The van der Waals surface area contributed by atoms with Gasteiger partial charge in [-0.15, -0.1) is 0 Å². The number of nitrogens with zero attached hydrogens (tertiary/aromatic N) is 2. The second-order valence-corrected chi connectivity index (χ2v) is 6.20. The molecule has 1 N–H and O–H groups in total. The molecule has 7 heteroatoms. The highest BCUT2D eigenvalue weighted by molar-refractivity contribution is 6.29. The minimum absolute atomic E-state index is 0.210. The van der Waals surface area contributed by atoms with E-state index in [0.29, 0.717) is 17.9 Å². The molecule has 0 aliphatic carbocycles. The molecule has 0 atom stereocenters. The van der Waals surface area contributed by atoms with Gasteiger partial charge < -0.3 is 5.32 Å². The zero-order valence-electron chi connectivity index (χ0n) is 13.8. The Morgan fingerprint density at radius 2 is 1.73 bits per heavy atom. The van der Waals surface area contributed by atoms with Crippen molar-refractivity contribution < 1.29 is 13.2 Å². The van der Waals surface area contributed by atoms with Gasteiger partial charge in [-0.2, -0.15) is 13.2 Å². The summed E-state index contributed by atoms with van der Waals surface area (Å²) in [7, 11) is 0. The number of rotatable bonds is 4. The number of aryl methyl sites for hydroxylation is 1. The van der Waals surface area contributed by atoms with Gasteiger partial charge in [0.05, 0.1) is 5.56 Å². The first-order valence-corrected chi connectivity index (χ1v) is 8.21. The Morgan fingerprint density at radius 1 is 1.00 bits per heavy atom. The van der Waals surface area contributed by atoms with Crippen LogP contribution in [-0.2, 0) is 12.7 Å². The second-order valence-electron chi connectivity index (χ2n) is 5.82. The highest BCUT2D eigenvalue weighted by Gasteiger charge is 2.30. The molecule has 2 aromatic carbocycles. The van der Waals surface area contributed by atoms with Crippen LogP contribution in [0.5, 0.6) is 0 Å². The Hall–Kier alpha value is -2.60. The normalized spacial score (nSPS) is 11.4. The molecule has 3 rings (SSSR count). The average Bonchev–Trinajstić information content (AvgIpc) is 2.59. The van der Waals surface area contributed by atoms with Crippen molar-refractivity contribution in [3.8, 4) is 11.4 Å².